The quantitative estimate of drug-likeness (QED) is 0.730. The van der Waals surface area contributed by atoms with Gasteiger partial charge in [-0.3, -0.25) is 0 Å². The zero-order valence-electron chi connectivity index (χ0n) is 11.1. The molecule has 0 fully saturated rings. The highest BCUT2D eigenvalue weighted by molar-refractivity contribution is 7.19. The van der Waals surface area contributed by atoms with Crippen molar-refractivity contribution in [2.24, 2.45) is 0 Å². The average molecular weight is 272 g/mol. The van der Waals surface area contributed by atoms with Crippen molar-refractivity contribution >= 4 is 16.3 Å². The Bertz CT molecular complexity index is 681. The number of rotatable bonds is 4. The van der Waals surface area contributed by atoms with Crippen LogP contribution in [-0.4, -0.2) is 19.8 Å². The summed E-state index contributed by atoms with van der Waals surface area (Å²) in [6.07, 6.45) is 3.22. The molecule has 0 aliphatic heterocycles. The van der Waals surface area contributed by atoms with Gasteiger partial charge in [0.15, 0.2) is 5.82 Å². The fourth-order valence-corrected chi connectivity index (χ4v) is 2.82. The Morgan fingerprint density at radius 3 is 2.68 bits per heavy atom. The molecule has 0 N–H and O–H groups in total. The molecular weight excluding hydrogens is 256 g/mol. The molecule has 5 heteroatoms. The summed E-state index contributed by atoms with van der Waals surface area (Å²) in [5, 5.41) is 14.0. The molecule has 2 aromatic heterocycles. The van der Waals surface area contributed by atoms with Crippen LogP contribution in [0.5, 0.6) is 0 Å². The Kier molecular flexibility index (Phi) is 3.29. The maximum absolute atomic E-state index is 4.64. The van der Waals surface area contributed by atoms with E-state index in [4.69, 9.17) is 0 Å². The van der Waals surface area contributed by atoms with Crippen molar-refractivity contribution in [2.45, 2.75) is 33.1 Å². The van der Waals surface area contributed by atoms with Crippen molar-refractivity contribution < 1.29 is 0 Å². The van der Waals surface area contributed by atoms with Crippen LogP contribution in [0.25, 0.3) is 15.5 Å². The molecule has 19 heavy (non-hydrogen) atoms. The molecule has 2 heterocycles. The predicted octanol–water partition coefficient (Wildman–Crippen LogP) is 3.50. The number of aromatic nitrogens is 4. The zero-order valence-corrected chi connectivity index (χ0v) is 11.9. The number of aryl methyl sites for hydroxylation is 2. The van der Waals surface area contributed by atoms with Gasteiger partial charge in [-0.15, -0.1) is 10.2 Å². The molecule has 0 bridgehead atoms. The Morgan fingerprint density at radius 2 is 1.95 bits per heavy atom. The maximum Gasteiger partial charge on any atom is 0.234 e. The number of hydrogen-bond acceptors (Lipinski definition) is 4. The average Bonchev–Trinajstić information content (AvgIpc) is 2.98. The fourth-order valence-electron chi connectivity index (χ4n) is 1.96. The van der Waals surface area contributed by atoms with Crippen molar-refractivity contribution in [1.82, 2.24) is 19.8 Å². The minimum Gasteiger partial charge on any atom is -0.187 e. The summed E-state index contributed by atoms with van der Waals surface area (Å²) in [4.78, 5) is 0.877. The third-order valence-electron chi connectivity index (χ3n) is 3.11. The molecule has 4 nitrogen and oxygen atoms in total. The van der Waals surface area contributed by atoms with Crippen molar-refractivity contribution in [1.29, 1.82) is 0 Å². The Morgan fingerprint density at radius 1 is 1.16 bits per heavy atom. The van der Waals surface area contributed by atoms with Crippen LogP contribution >= 0.6 is 11.3 Å². The van der Waals surface area contributed by atoms with Crippen molar-refractivity contribution in [3.05, 3.63) is 35.7 Å². The highest BCUT2D eigenvalue weighted by Crippen LogP contribution is 2.25. The van der Waals surface area contributed by atoms with E-state index in [9.17, 15) is 0 Å². The Labute approximate surface area is 116 Å². The van der Waals surface area contributed by atoms with Crippen LogP contribution < -0.4 is 0 Å². The number of hydrogen-bond donors (Lipinski definition) is 0. The monoisotopic (exact) mass is 272 g/mol. The van der Waals surface area contributed by atoms with Gasteiger partial charge in [-0.1, -0.05) is 54.5 Å². The zero-order chi connectivity index (χ0) is 13.2. The first-order valence-electron chi connectivity index (χ1n) is 6.56. The molecule has 3 rings (SSSR count). The summed E-state index contributed by atoms with van der Waals surface area (Å²) in [6, 6.07) is 8.42. The Balaban J connectivity index is 1.97. The SMILES string of the molecule is CCCCc1nnc2sc(-c3ccc(C)cc3)nn12. The lowest BCUT2D eigenvalue weighted by Gasteiger charge is -1.96. The van der Waals surface area contributed by atoms with Crippen molar-refractivity contribution in [2.75, 3.05) is 0 Å². The number of benzene rings is 1. The summed E-state index contributed by atoms with van der Waals surface area (Å²) >= 11 is 1.59. The van der Waals surface area contributed by atoms with E-state index in [0.717, 1.165) is 40.6 Å². The maximum atomic E-state index is 4.64. The smallest absolute Gasteiger partial charge is 0.187 e. The van der Waals surface area contributed by atoms with Gasteiger partial charge < -0.3 is 0 Å². The first kappa shape index (κ1) is 12.3. The van der Waals surface area contributed by atoms with Gasteiger partial charge >= 0.3 is 0 Å². The van der Waals surface area contributed by atoms with Crippen LogP contribution in [0.15, 0.2) is 24.3 Å². The molecule has 0 unspecified atom stereocenters. The molecule has 98 valence electrons. The lowest BCUT2D eigenvalue weighted by atomic mass is 10.2. The molecule has 1 aromatic carbocycles. The van der Waals surface area contributed by atoms with E-state index in [2.05, 4.69) is 53.4 Å². The summed E-state index contributed by atoms with van der Waals surface area (Å²) in [6.45, 7) is 4.27. The van der Waals surface area contributed by atoms with Crippen LogP contribution in [0, 0.1) is 6.92 Å². The molecule has 0 aliphatic carbocycles. The first-order valence-corrected chi connectivity index (χ1v) is 7.37. The molecule has 0 atom stereocenters. The van der Waals surface area contributed by atoms with Crippen molar-refractivity contribution in [3.63, 3.8) is 0 Å². The van der Waals surface area contributed by atoms with E-state index in [1.165, 1.54) is 5.56 Å². The van der Waals surface area contributed by atoms with Gasteiger partial charge in [0.25, 0.3) is 0 Å². The Hall–Kier alpha value is -1.75. The van der Waals surface area contributed by atoms with E-state index in [0.29, 0.717) is 0 Å². The van der Waals surface area contributed by atoms with Crippen LogP contribution in [-0.2, 0) is 6.42 Å². The second-order valence-corrected chi connectivity index (χ2v) is 5.64. The van der Waals surface area contributed by atoms with E-state index < -0.39 is 0 Å². The van der Waals surface area contributed by atoms with E-state index >= 15 is 0 Å². The van der Waals surface area contributed by atoms with Gasteiger partial charge in [-0.2, -0.15) is 9.61 Å². The third-order valence-corrected chi connectivity index (χ3v) is 4.06. The number of fused-ring (bicyclic) bond motifs is 1. The van der Waals surface area contributed by atoms with Crippen LogP contribution in [0.1, 0.15) is 31.2 Å². The first-order chi connectivity index (χ1) is 9.28. The minimum absolute atomic E-state index is 0.877. The molecule has 0 saturated carbocycles. The lowest BCUT2D eigenvalue weighted by molar-refractivity contribution is 0.723. The van der Waals surface area contributed by atoms with Gasteiger partial charge in [0, 0.05) is 12.0 Å². The van der Waals surface area contributed by atoms with Gasteiger partial charge in [-0.25, -0.2) is 0 Å². The van der Waals surface area contributed by atoms with E-state index in [1.807, 2.05) is 4.52 Å². The van der Waals surface area contributed by atoms with Gasteiger partial charge in [-0.05, 0) is 13.3 Å². The summed E-state index contributed by atoms with van der Waals surface area (Å²) in [5.74, 6) is 0.964. The van der Waals surface area contributed by atoms with Crippen LogP contribution in [0.3, 0.4) is 0 Å². The topological polar surface area (TPSA) is 43.1 Å². The largest absolute Gasteiger partial charge is 0.234 e. The summed E-state index contributed by atoms with van der Waals surface area (Å²) in [7, 11) is 0. The minimum atomic E-state index is 0.877. The molecule has 0 spiro atoms. The third kappa shape index (κ3) is 2.38. The molecule has 0 aliphatic rings. The van der Waals surface area contributed by atoms with Gasteiger partial charge in [0.2, 0.25) is 4.96 Å². The lowest BCUT2D eigenvalue weighted by Crippen LogP contribution is -1.96. The molecule has 0 radical (unpaired) electrons. The van der Waals surface area contributed by atoms with Crippen LogP contribution in [0.2, 0.25) is 0 Å². The van der Waals surface area contributed by atoms with Crippen molar-refractivity contribution in [3.8, 4) is 10.6 Å². The fraction of sp³-hybridized carbons (Fsp3) is 0.357. The number of nitrogens with zero attached hydrogens (tertiary/aromatic N) is 4. The number of unbranched alkanes of at least 4 members (excludes halogenated alkanes) is 1. The standard InChI is InChI=1S/C14H16N4S/c1-3-4-5-12-15-16-14-18(12)17-13(19-14)11-8-6-10(2)7-9-11/h6-9H,3-5H2,1-2H3. The highest BCUT2D eigenvalue weighted by atomic mass is 32.1. The second kappa shape index (κ2) is 5.09. The predicted molar refractivity (Wildman–Crippen MR) is 77.4 cm³/mol. The van der Waals surface area contributed by atoms with Crippen LogP contribution in [0.4, 0.5) is 0 Å². The molecule has 0 saturated heterocycles. The van der Waals surface area contributed by atoms with E-state index in [1.54, 1.807) is 11.3 Å². The normalized spacial score (nSPS) is 11.3. The second-order valence-electron chi connectivity index (χ2n) is 4.69. The molecular formula is C14H16N4S. The van der Waals surface area contributed by atoms with E-state index in [-0.39, 0.29) is 0 Å². The highest BCUT2D eigenvalue weighted by Gasteiger charge is 2.12. The molecule has 3 aromatic rings. The van der Waals surface area contributed by atoms with Gasteiger partial charge in [0.1, 0.15) is 5.01 Å². The molecule has 0 amide bonds. The summed E-state index contributed by atoms with van der Waals surface area (Å²) < 4.78 is 1.88. The summed E-state index contributed by atoms with van der Waals surface area (Å²) in [5.41, 5.74) is 2.40. The van der Waals surface area contributed by atoms with Gasteiger partial charge in [0.05, 0.1) is 0 Å².